The summed E-state index contributed by atoms with van der Waals surface area (Å²) >= 11 is 0. The van der Waals surface area contributed by atoms with Crippen LogP contribution in [0.5, 0.6) is 0 Å². The number of carbonyl (C=O) groups excluding carboxylic acids is 2. The molecule has 7 heteroatoms. The highest BCUT2D eigenvalue weighted by atomic mass is 19.4. The number of halogens is 3. The molecule has 1 aliphatic heterocycles. The Kier molecular flexibility index (Phi) is 3.97. The number of nitrogens with zero attached hydrogens (tertiary/aromatic N) is 1. The van der Waals surface area contributed by atoms with Crippen LogP contribution in [0.15, 0.2) is 0 Å². The Morgan fingerprint density at radius 1 is 1.35 bits per heavy atom. The number of hydrogen-bond acceptors (Lipinski definition) is 2. The molecule has 2 rings (SSSR count). The van der Waals surface area contributed by atoms with Crippen molar-refractivity contribution in [3.8, 4) is 0 Å². The number of carbonyl (C=O) groups is 2. The molecule has 20 heavy (non-hydrogen) atoms. The molecule has 0 aromatic rings. The van der Waals surface area contributed by atoms with Crippen molar-refractivity contribution in [2.45, 2.75) is 50.7 Å². The summed E-state index contributed by atoms with van der Waals surface area (Å²) in [7, 11) is 0. The van der Waals surface area contributed by atoms with E-state index in [2.05, 4.69) is 5.32 Å². The Bertz CT molecular complexity index is 407. The SMILES string of the molecule is CC1(C2CC2)NC(=O)CCN(CCCC(F)(F)F)C1=O. The van der Waals surface area contributed by atoms with Crippen molar-refractivity contribution in [3.05, 3.63) is 0 Å². The van der Waals surface area contributed by atoms with Gasteiger partial charge in [-0.15, -0.1) is 0 Å². The standard InChI is InChI=1S/C13H19F3N2O2/c1-12(9-3-4-9)11(20)18(8-5-10(19)17-12)7-2-6-13(14,15)16/h9H,2-8H2,1H3,(H,17,19). The van der Waals surface area contributed by atoms with Gasteiger partial charge in [0.2, 0.25) is 11.8 Å². The zero-order chi connectivity index (χ0) is 15.0. The fraction of sp³-hybridized carbons (Fsp3) is 0.846. The second-order valence-electron chi connectivity index (χ2n) is 5.79. The van der Waals surface area contributed by atoms with Gasteiger partial charge in [0.25, 0.3) is 0 Å². The average Bonchev–Trinajstić information content (AvgIpc) is 3.14. The first-order valence-corrected chi connectivity index (χ1v) is 6.89. The van der Waals surface area contributed by atoms with Crippen LogP contribution in [-0.4, -0.2) is 41.5 Å². The summed E-state index contributed by atoms with van der Waals surface area (Å²) < 4.78 is 36.5. The van der Waals surface area contributed by atoms with Gasteiger partial charge in [-0.25, -0.2) is 0 Å². The third-order valence-corrected chi connectivity index (χ3v) is 4.02. The Morgan fingerprint density at radius 2 is 2.00 bits per heavy atom. The van der Waals surface area contributed by atoms with Gasteiger partial charge < -0.3 is 10.2 Å². The molecular formula is C13H19F3N2O2. The zero-order valence-electron chi connectivity index (χ0n) is 11.4. The van der Waals surface area contributed by atoms with Crippen LogP contribution in [0.3, 0.4) is 0 Å². The molecule has 0 radical (unpaired) electrons. The summed E-state index contributed by atoms with van der Waals surface area (Å²) in [6, 6.07) is 0. The fourth-order valence-electron chi connectivity index (χ4n) is 2.69. The molecule has 114 valence electrons. The number of nitrogens with one attached hydrogen (secondary N) is 1. The number of hydrogen-bond donors (Lipinski definition) is 1. The van der Waals surface area contributed by atoms with Crippen LogP contribution in [0.2, 0.25) is 0 Å². The first-order valence-electron chi connectivity index (χ1n) is 6.89. The molecule has 1 saturated carbocycles. The second kappa shape index (κ2) is 5.26. The Morgan fingerprint density at radius 3 is 2.55 bits per heavy atom. The summed E-state index contributed by atoms with van der Waals surface area (Å²) in [5, 5.41) is 2.75. The van der Waals surface area contributed by atoms with Crippen molar-refractivity contribution in [2.75, 3.05) is 13.1 Å². The van der Waals surface area contributed by atoms with Gasteiger partial charge >= 0.3 is 6.18 Å². The smallest absolute Gasteiger partial charge is 0.342 e. The van der Waals surface area contributed by atoms with Crippen molar-refractivity contribution in [1.29, 1.82) is 0 Å². The normalized spacial score (nSPS) is 28.3. The predicted octanol–water partition coefficient (Wildman–Crippen LogP) is 1.85. The topological polar surface area (TPSA) is 49.4 Å². The molecule has 1 atom stereocenters. The van der Waals surface area contributed by atoms with Crippen LogP contribution in [0.1, 0.15) is 39.0 Å². The average molecular weight is 292 g/mol. The lowest BCUT2D eigenvalue weighted by molar-refractivity contribution is -0.143. The molecule has 2 amide bonds. The molecule has 2 fully saturated rings. The molecule has 1 N–H and O–H groups in total. The highest BCUT2D eigenvalue weighted by molar-refractivity contribution is 5.93. The third kappa shape index (κ3) is 3.43. The van der Waals surface area contributed by atoms with E-state index in [0.717, 1.165) is 12.8 Å². The summed E-state index contributed by atoms with van der Waals surface area (Å²) in [6.07, 6.45) is -3.33. The van der Waals surface area contributed by atoms with E-state index in [-0.39, 0.29) is 43.7 Å². The van der Waals surface area contributed by atoms with E-state index in [1.54, 1.807) is 6.92 Å². The van der Waals surface area contributed by atoms with Gasteiger partial charge in [-0.1, -0.05) is 0 Å². The summed E-state index contributed by atoms with van der Waals surface area (Å²) in [5.41, 5.74) is -0.939. The maximum atomic E-state index is 12.5. The van der Waals surface area contributed by atoms with E-state index in [9.17, 15) is 22.8 Å². The molecule has 0 spiro atoms. The van der Waals surface area contributed by atoms with Crippen LogP contribution < -0.4 is 5.32 Å². The highest BCUT2D eigenvalue weighted by Gasteiger charge is 2.51. The van der Waals surface area contributed by atoms with Gasteiger partial charge in [0.15, 0.2) is 0 Å². The largest absolute Gasteiger partial charge is 0.389 e. The predicted molar refractivity (Wildman–Crippen MR) is 65.8 cm³/mol. The Labute approximate surface area is 115 Å². The summed E-state index contributed by atoms with van der Waals surface area (Å²) in [5.74, 6) is -0.332. The molecule has 1 aliphatic carbocycles. The lowest BCUT2D eigenvalue weighted by Gasteiger charge is -2.32. The van der Waals surface area contributed by atoms with Gasteiger partial charge in [0.1, 0.15) is 5.54 Å². The number of amides is 2. The van der Waals surface area contributed by atoms with E-state index >= 15 is 0 Å². The van der Waals surface area contributed by atoms with Gasteiger partial charge in [0, 0.05) is 25.9 Å². The van der Waals surface area contributed by atoms with E-state index in [4.69, 9.17) is 0 Å². The summed E-state index contributed by atoms with van der Waals surface area (Å²) in [6.45, 7) is 1.94. The highest BCUT2D eigenvalue weighted by Crippen LogP contribution is 2.41. The molecular weight excluding hydrogens is 273 g/mol. The monoisotopic (exact) mass is 292 g/mol. The van der Waals surface area contributed by atoms with Crippen LogP contribution in [0.4, 0.5) is 13.2 Å². The van der Waals surface area contributed by atoms with Gasteiger partial charge in [0.05, 0.1) is 0 Å². The number of alkyl halides is 3. The Hall–Kier alpha value is -1.27. The van der Waals surface area contributed by atoms with Gasteiger partial charge in [-0.05, 0) is 32.1 Å². The molecule has 0 bridgehead atoms. The van der Waals surface area contributed by atoms with Crippen LogP contribution in [0.25, 0.3) is 0 Å². The molecule has 2 aliphatic rings. The second-order valence-corrected chi connectivity index (χ2v) is 5.79. The van der Waals surface area contributed by atoms with Crippen LogP contribution >= 0.6 is 0 Å². The fourth-order valence-corrected chi connectivity index (χ4v) is 2.69. The molecule has 1 saturated heterocycles. The summed E-state index contributed by atoms with van der Waals surface area (Å²) in [4.78, 5) is 25.6. The minimum Gasteiger partial charge on any atom is -0.342 e. The van der Waals surface area contributed by atoms with E-state index in [0.29, 0.717) is 0 Å². The van der Waals surface area contributed by atoms with Gasteiger partial charge in [-0.3, -0.25) is 9.59 Å². The van der Waals surface area contributed by atoms with Crippen LogP contribution in [0, 0.1) is 5.92 Å². The van der Waals surface area contributed by atoms with Gasteiger partial charge in [-0.2, -0.15) is 13.2 Å². The van der Waals surface area contributed by atoms with Crippen molar-refractivity contribution >= 4 is 11.8 Å². The molecule has 0 aromatic carbocycles. The molecule has 0 aromatic heterocycles. The van der Waals surface area contributed by atoms with E-state index in [1.807, 2.05) is 0 Å². The van der Waals surface area contributed by atoms with E-state index in [1.165, 1.54) is 4.90 Å². The maximum Gasteiger partial charge on any atom is 0.389 e. The minimum absolute atomic E-state index is 0.0512. The number of rotatable bonds is 4. The molecule has 4 nitrogen and oxygen atoms in total. The quantitative estimate of drug-likeness (QED) is 0.859. The molecule has 1 unspecified atom stereocenters. The van der Waals surface area contributed by atoms with Crippen molar-refractivity contribution in [1.82, 2.24) is 10.2 Å². The zero-order valence-corrected chi connectivity index (χ0v) is 11.4. The third-order valence-electron chi connectivity index (χ3n) is 4.02. The first-order chi connectivity index (χ1) is 9.22. The maximum absolute atomic E-state index is 12.5. The minimum atomic E-state index is -4.21. The lowest BCUT2D eigenvalue weighted by atomic mass is 9.94. The van der Waals surface area contributed by atoms with Crippen molar-refractivity contribution < 1.29 is 22.8 Å². The van der Waals surface area contributed by atoms with E-state index < -0.39 is 18.1 Å². The lowest BCUT2D eigenvalue weighted by Crippen LogP contribution is -2.56. The van der Waals surface area contributed by atoms with Crippen molar-refractivity contribution in [3.63, 3.8) is 0 Å². The van der Waals surface area contributed by atoms with Crippen LogP contribution in [-0.2, 0) is 9.59 Å². The Balaban J connectivity index is 2.01. The molecule has 1 heterocycles. The first kappa shape index (κ1) is 15.1. The van der Waals surface area contributed by atoms with Crippen molar-refractivity contribution in [2.24, 2.45) is 5.92 Å².